The minimum atomic E-state index is -3.08. The average Bonchev–Trinajstić information content (AvgIpc) is 2.98. The van der Waals surface area contributed by atoms with Crippen LogP contribution in [0.3, 0.4) is 0 Å². The summed E-state index contributed by atoms with van der Waals surface area (Å²) in [5.74, 6) is -2.69. The zero-order valence-corrected chi connectivity index (χ0v) is 19.8. The number of hydrogen-bond donors (Lipinski definition) is 0. The molecule has 1 saturated heterocycles. The van der Waals surface area contributed by atoms with E-state index in [0.29, 0.717) is 5.56 Å². The fourth-order valence-electron chi connectivity index (χ4n) is 4.03. The molecule has 0 amide bonds. The van der Waals surface area contributed by atoms with Crippen molar-refractivity contribution in [3.63, 3.8) is 0 Å². The minimum absolute atomic E-state index is 0.0419. The SMILES string of the molecule is [2H]C([2H])([2H])O[C@@H]1O[C@H](COCc2ccccc2)[C@@H](OCc2ccccc2)[C@H](OCc2ccccc2)[C@@]1([2H])C([2H])([2H])C=O. The first-order valence-corrected chi connectivity index (χ1v) is 11.8. The number of ether oxygens (including phenoxy) is 5. The Kier molecular flexibility index (Phi) is 7.50. The van der Waals surface area contributed by atoms with Crippen molar-refractivity contribution in [2.45, 2.75) is 50.8 Å². The number of carbonyl (C=O) groups is 1. The summed E-state index contributed by atoms with van der Waals surface area (Å²) in [6.45, 7) is 0.0404. The maximum atomic E-state index is 12.1. The number of hydrogen-bond acceptors (Lipinski definition) is 6. The highest BCUT2D eigenvalue weighted by atomic mass is 16.7. The van der Waals surface area contributed by atoms with Crippen LogP contribution in [0.5, 0.6) is 0 Å². The number of benzene rings is 3. The Bertz CT molecular complexity index is 1250. The van der Waals surface area contributed by atoms with Crippen molar-refractivity contribution in [2.75, 3.05) is 13.6 Å². The first-order chi connectivity index (χ1) is 20.0. The van der Waals surface area contributed by atoms with Gasteiger partial charge in [-0.25, -0.2) is 0 Å². The lowest BCUT2D eigenvalue weighted by atomic mass is 9.88. The van der Waals surface area contributed by atoms with Gasteiger partial charge in [0.2, 0.25) is 0 Å². The van der Waals surface area contributed by atoms with Crippen LogP contribution in [0.2, 0.25) is 0 Å². The summed E-state index contributed by atoms with van der Waals surface area (Å²) in [7, 11) is -3.08. The second kappa shape index (κ2) is 14.0. The largest absolute Gasteiger partial charge is 0.374 e. The summed E-state index contributed by atoms with van der Waals surface area (Å²) in [5, 5.41) is 0. The normalized spacial score (nSPS) is 29.1. The molecule has 1 heterocycles. The van der Waals surface area contributed by atoms with Crippen LogP contribution in [0.25, 0.3) is 0 Å². The van der Waals surface area contributed by atoms with Crippen molar-refractivity contribution in [1.82, 2.24) is 0 Å². The van der Waals surface area contributed by atoms with E-state index in [1.54, 1.807) is 24.3 Å². The molecule has 0 aromatic heterocycles. The summed E-state index contributed by atoms with van der Waals surface area (Å²) in [4.78, 5) is 12.1. The Labute approximate surface area is 221 Å². The Morgan fingerprint density at radius 2 is 1.36 bits per heavy atom. The van der Waals surface area contributed by atoms with Crippen LogP contribution in [0.4, 0.5) is 0 Å². The van der Waals surface area contributed by atoms with E-state index in [1.165, 1.54) is 0 Å². The van der Waals surface area contributed by atoms with Gasteiger partial charge in [-0.15, -0.1) is 0 Å². The molecule has 36 heavy (non-hydrogen) atoms. The summed E-state index contributed by atoms with van der Waals surface area (Å²) in [6, 6.07) is 27.6. The quantitative estimate of drug-likeness (QED) is 0.312. The van der Waals surface area contributed by atoms with E-state index in [2.05, 4.69) is 0 Å². The van der Waals surface area contributed by atoms with E-state index >= 15 is 0 Å². The molecule has 6 heteroatoms. The molecule has 5 atom stereocenters. The first kappa shape index (κ1) is 19.3. The lowest BCUT2D eigenvalue weighted by Crippen LogP contribution is -2.58. The zero-order chi connectivity index (χ0) is 30.2. The molecule has 3 aromatic rings. The van der Waals surface area contributed by atoms with Crippen LogP contribution in [-0.2, 0) is 48.3 Å². The monoisotopic (exact) mass is 496 g/mol. The molecule has 0 saturated carbocycles. The van der Waals surface area contributed by atoms with Gasteiger partial charge in [0.05, 0.1) is 36.6 Å². The molecule has 1 fully saturated rings. The first-order valence-electron chi connectivity index (χ1n) is 14.8. The van der Waals surface area contributed by atoms with Gasteiger partial charge in [0.15, 0.2) is 6.29 Å². The minimum Gasteiger partial charge on any atom is -0.374 e. The van der Waals surface area contributed by atoms with Gasteiger partial charge < -0.3 is 28.5 Å². The Hall–Kier alpha value is -2.87. The van der Waals surface area contributed by atoms with Crippen molar-refractivity contribution < 1.29 is 36.7 Å². The van der Waals surface area contributed by atoms with E-state index in [9.17, 15) is 6.17 Å². The van der Waals surface area contributed by atoms with Gasteiger partial charge in [-0.1, -0.05) is 91.0 Å². The molecule has 3 aromatic carbocycles. The lowest BCUT2D eigenvalue weighted by Gasteiger charge is -2.45. The topological polar surface area (TPSA) is 63.2 Å². The van der Waals surface area contributed by atoms with Gasteiger partial charge in [0, 0.05) is 23.4 Å². The predicted octanol–water partition coefficient (Wildman–Crippen LogP) is 4.95. The molecule has 0 N–H and O–H groups in total. The summed E-state index contributed by atoms with van der Waals surface area (Å²) in [5.41, 5.74) is 2.39. The smallest absolute Gasteiger partial charge is 0.163 e. The Balaban J connectivity index is 1.72. The Morgan fingerprint density at radius 1 is 0.833 bits per heavy atom. The molecule has 4 rings (SSSR count). The lowest BCUT2D eigenvalue weighted by molar-refractivity contribution is -0.299. The number of carbonyl (C=O) groups excluding carboxylic acids is 1. The number of methoxy groups -OCH3 is 1. The van der Waals surface area contributed by atoms with Crippen LogP contribution in [0, 0.1) is 5.89 Å². The molecule has 190 valence electrons. The van der Waals surface area contributed by atoms with Gasteiger partial charge in [-0.3, -0.25) is 0 Å². The van der Waals surface area contributed by atoms with E-state index in [0.717, 1.165) is 11.1 Å². The van der Waals surface area contributed by atoms with Crippen molar-refractivity contribution in [1.29, 1.82) is 0 Å². The molecule has 0 aliphatic carbocycles. The molecule has 1 aliphatic heterocycles. The van der Waals surface area contributed by atoms with E-state index in [-0.39, 0.29) is 32.7 Å². The zero-order valence-electron chi connectivity index (χ0n) is 25.8. The van der Waals surface area contributed by atoms with Crippen LogP contribution < -0.4 is 0 Å². The summed E-state index contributed by atoms with van der Waals surface area (Å²) >= 11 is 0. The van der Waals surface area contributed by atoms with E-state index < -0.39 is 43.9 Å². The maximum absolute atomic E-state index is 12.1. The Morgan fingerprint density at radius 3 is 1.89 bits per heavy atom. The second-order valence-corrected chi connectivity index (χ2v) is 8.32. The summed E-state index contributed by atoms with van der Waals surface area (Å²) < 4.78 is 79.1. The molecule has 1 aliphatic rings. The third kappa shape index (κ3) is 7.32. The molecular formula is C30H34O6. The second-order valence-electron chi connectivity index (χ2n) is 8.32. The number of aldehydes is 1. The van der Waals surface area contributed by atoms with Crippen LogP contribution >= 0.6 is 0 Å². The van der Waals surface area contributed by atoms with Crippen LogP contribution in [0.1, 0.15) is 31.3 Å². The van der Waals surface area contributed by atoms with Crippen LogP contribution in [0.15, 0.2) is 91.0 Å². The van der Waals surface area contributed by atoms with Crippen molar-refractivity contribution in [3.8, 4) is 0 Å². The van der Waals surface area contributed by atoms with Gasteiger partial charge in [0.1, 0.15) is 18.5 Å². The highest BCUT2D eigenvalue weighted by Crippen LogP contribution is 2.34. The van der Waals surface area contributed by atoms with Crippen molar-refractivity contribution in [3.05, 3.63) is 108 Å². The fourth-order valence-corrected chi connectivity index (χ4v) is 4.03. The average molecular weight is 497 g/mol. The van der Waals surface area contributed by atoms with E-state index in [4.69, 9.17) is 30.5 Å². The number of rotatable bonds is 13. The summed E-state index contributed by atoms with van der Waals surface area (Å²) in [6.07, 6.45) is -8.78. The highest BCUT2D eigenvalue weighted by Gasteiger charge is 2.47. The van der Waals surface area contributed by atoms with Gasteiger partial charge >= 0.3 is 0 Å². The van der Waals surface area contributed by atoms with Gasteiger partial charge in [0.25, 0.3) is 0 Å². The molecule has 6 nitrogen and oxygen atoms in total. The molecule has 0 bridgehead atoms. The van der Waals surface area contributed by atoms with Gasteiger partial charge in [-0.05, 0) is 16.7 Å². The van der Waals surface area contributed by atoms with Crippen molar-refractivity contribution in [2.24, 2.45) is 5.89 Å². The highest BCUT2D eigenvalue weighted by molar-refractivity contribution is 5.50. The standard InChI is InChI=1S/C30H34O6/c1-32-30-26(17-18-31)28(34-20-24-13-7-3-8-14-24)29(35-21-25-15-9-4-10-16-25)27(36-30)22-33-19-23-11-5-2-6-12-23/h2-16,18,26-30H,17,19-22H2,1H3/t26-,27-,28-,29-,30-/m1/s1/i1D3,17D2,26D. The third-order valence-corrected chi connectivity index (χ3v) is 5.81. The predicted molar refractivity (Wildman–Crippen MR) is 136 cm³/mol. The van der Waals surface area contributed by atoms with Gasteiger partial charge in [-0.2, -0.15) is 0 Å². The molecule has 0 radical (unpaired) electrons. The molecule has 0 spiro atoms. The third-order valence-electron chi connectivity index (χ3n) is 5.81. The van der Waals surface area contributed by atoms with Crippen LogP contribution in [-0.4, -0.2) is 44.5 Å². The van der Waals surface area contributed by atoms with E-state index in [1.807, 2.05) is 66.7 Å². The molecular weight excluding hydrogens is 456 g/mol. The maximum Gasteiger partial charge on any atom is 0.163 e. The fraction of sp³-hybridized carbons (Fsp3) is 0.367. The molecule has 0 unspecified atom stereocenters. The van der Waals surface area contributed by atoms with Crippen molar-refractivity contribution >= 4 is 6.29 Å².